The molecule has 1 aliphatic rings. The standard InChI is InChI=1S/C12H16ClN5O/c1-8-9(13)17-11-15-7-16-18(11)10(8)14-6-12(19)4-2-3-5-12/h7,14,19H,2-6H2,1H3. The van der Waals surface area contributed by atoms with Gasteiger partial charge in [-0.1, -0.05) is 24.4 Å². The molecule has 1 aliphatic carbocycles. The van der Waals surface area contributed by atoms with Gasteiger partial charge >= 0.3 is 0 Å². The van der Waals surface area contributed by atoms with Crippen molar-refractivity contribution in [3.8, 4) is 0 Å². The van der Waals surface area contributed by atoms with Crippen molar-refractivity contribution in [2.45, 2.75) is 38.2 Å². The quantitative estimate of drug-likeness (QED) is 0.839. The zero-order valence-corrected chi connectivity index (χ0v) is 11.5. The Balaban J connectivity index is 1.91. The predicted octanol–water partition coefficient (Wildman–Crippen LogP) is 1.80. The van der Waals surface area contributed by atoms with Crippen LogP contribution >= 0.6 is 11.6 Å². The van der Waals surface area contributed by atoms with Crippen LogP contribution in [-0.2, 0) is 0 Å². The van der Waals surface area contributed by atoms with E-state index in [1.807, 2.05) is 6.92 Å². The van der Waals surface area contributed by atoms with Crippen molar-refractivity contribution >= 4 is 23.2 Å². The molecule has 19 heavy (non-hydrogen) atoms. The summed E-state index contributed by atoms with van der Waals surface area (Å²) in [6, 6.07) is 0. The van der Waals surface area contributed by atoms with Crippen molar-refractivity contribution < 1.29 is 5.11 Å². The zero-order chi connectivity index (χ0) is 13.5. The molecule has 0 spiro atoms. The maximum atomic E-state index is 10.4. The van der Waals surface area contributed by atoms with Gasteiger partial charge in [0.1, 0.15) is 17.3 Å². The summed E-state index contributed by atoms with van der Waals surface area (Å²) in [5, 5.41) is 18.2. The number of hydrogen-bond donors (Lipinski definition) is 2. The number of halogens is 1. The summed E-state index contributed by atoms with van der Waals surface area (Å²) >= 11 is 6.09. The number of fused-ring (bicyclic) bond motifs is 1. The Morgan fingerprint density at radius 2 is 2.21 bits per heavy atom. The van der Waals surface area contributed by atoms with E-state index in [0.717, 1.165) is 37.1 Å². The first-order valence-electron chi connectivity index (χ1n) is 6.41. The molecule has 3 rings (SSSR count). The normalized spacial score (nSPS) is 18.1. The highest BCUT2D eigenvalue weighted by Gasteiger charge is 2.31. The monoisotopic (exact) mass is 281 g/mol. The van der Waals surface area contributed by atoms with Crippen molar-refractivity contribution in [1.29, 1.82) is 0 Å². The van der Waals surface area contributed by atoms with Gasteiger partial charge in [0.2, 0.25) is 0 Å². The van der Waals surface area contributed by atoms with Gasteiger partial charge < -0.3 is 10.4 Å². The molecule has 0 unspecified atom stereocenters. The maximum Gasteiger partial charge on any atom is 0.255 e. The molecule has 1 saturated carbocycles. The van der Waals surface area contributed by atoms with E-state index in [-0.39, 0.29) is 0 Å². The van der Waals surface area contributed by atoms with Crippen LogP contribution in [0.25, 0.3) is 5.78 Å². The summed E-state index contributed by atoms with van der Waals surface area (Å²) in [4.78, 5) is 8.18. The van der Waals surface area contributed by atoms with Gasteiger partial charge in [0.15, 0.2) is 0 Å². The van der Waals surface area contributed by atoms with Crippen LogP contribution in [0.4, 0.5) is 5.82 Å². The lowest BCUT2D eigenvalue weighted by molar-refractivity contribution is 0.0613. The van der Waals surface area contributed by atoms with Crippen molar-refractivity contribution in [3.63, 3.8) is 0 Å². The molecule has 0 bridgehead atoms. The molecule has 0 aliphatic heterocycles. The fourth-order valence-corrected chi connectivity index (χ4v) is 2.73. The van der Waals surface area contributed by atoms with Crippen LogP contribution in [0.1, 0.15) is 31.2 Å². The average molecular weight is 282 g/mol. The van der Waals surface area contributed by atoms with Gasteiger partial charge in [-0.3, -0.25) is 0 Å². The molecule has 2 aromatic heterocycles. The molecule has 0 aromatic carbocycles. The van der Waals surface area contributed by atoms with Gasteiger partial charge in [-0.15, -0.1) is 0 Å². The van der Waals surface area contributed by atoms with Gasteiger partial charge in [0.25, 0.3) is 5.78 Å². The molecular weight excluding hydrogens is 266 g/mol. The van der Waals surface area contributed by atoms with Crippen molar-refractivity contribution in [2.75, 3.05) is 11.9 Å². The van der Waals surface area contributed by atoms with Gasteiger partial charge in [0.05, 0.1) is 5.60 Å². The lowest BCUT2D eigenvalue weighted by Crippen LogP contribution is -2.34. The average Bonchev–Trinajstić information content (AvgIpc) is 2.99. The molecule has 0 atom stereocenters. The van der Waals surface area contributed by atoms with E-state index in [4.69, 9.17) is 11.6 Å². The van der Waals surface area contributed by atoms with Crippen molar-refractivity contribution in [1.82, 2.24) is 19.6 Å². The predicted molar refractivity (Wildman–Crippen MR) is 72.4 cm³/mol. The number of rotatable bonds is 3. The Morgan fingerprint density at radius 1 is 1.47 bits per heavy atom. The first-order valence-corrected chi connectivity index (χ1v) is 6.79. The van der Waals surface area contributed by atoms with Crippen LogP contribution in [0.15, 0.2) is 6.33 Å². The number of aliphatic hydroxyl groups is 1. The summed E-state index contributed by atoms with van der Waals surface area (Å²) in [6.45, 7) is 2.36. The third kappa shape index (κ3) is 2.26. The SMILES string of the molecule is Cc1c(Cl)nc2ncnn2c1NCC1(O)CCCC1. The summed E-state index contributed by atoms with van der Waals surface area (Å²) in [7, 11) is 0. The highest BCUT2D eigenvalue weighted by atomic mass is 35.5. The molecule has 0 saturated heterocycles. The minimum absolute atomic E-state index is 0.404. The third-order valence-corrected chi connectivity index (χ3v) is 4.09. The molecule has 102 valence electrons. The molecule has 2 N–H and O–H groups in total. The minimum atomic E-state index is -0.630. The van der Waals surface area contributed by atoms with Gasteiger partial charge in [-0.2, -0.15) is 19.6 Å². The zero-order valence-electron chi connectivity index (χ0n) is 10.7. The van der Waals surface area contributed by atoms with Crippen LogP contribution in [0.3, 0.4) is 0 Å². The van der Waals surface area contributed by atoms with E-state index in [0.29, 0.717) is 17.5 Å². The third-order valence-electron chi connectivity index (χ3n) is 3.72. The van der Waals surface area contributed by atoms with E-state index in [9.17, 15) is 5.11 Å². The van der Waals surface area contributed by atoms with Crippen molar-refractivity contribution in [2.24, 2.45) is 0 Å². The van der Waals surface area contributed by atoms with E-state index < -0.39 is 5.60 Å². The van der Waals surface area contributed by atoms with E-state index in [1.165, 1.54) is 6.33 Å². The summed E-state index contributed by atoms with van der Waals surface area (Å²) in [5.74, 6) is 1.20. The van der Waals surface area contributed by atoms with E-state index in [2.05, 4.69) is 20.4 Å². The lowest BCUT2D eigenvalue weighted by atomic mass is 10.0. The highest BCUT2D eigenvalue weighted by molar-refractivity contribution is 6.30. The van der Waals surface area contributed by atoms with E-state index in [1.54, 1.807) is 4.52 Å². The summed E-state index contributed by atoms with van der Waals surface area (Å²) < 4.78 is 1.61. The fraction of sp³-hybridized carbons (Fsp3) is 0.583. The molecular formula is C12H16ClN5O. The van der Waals surface area contributed by atoms with Crippen LogP contribution in [0.2, 0.25) is 5.15 Å². The van der Waals surface area contributed by atoms with Gasteiger partial charge in [0, 0.05) is 12.1 Å². The maximum absolute atomic E-state index is 10.4. The molecule has 2 aromatic rings. The number of nitrogens with zero attached hydrogens (tertiary/aromatic N) is 4. The molecule has 1 fully saturated rings. The van der Waals surface area contributed by atoms with Crippen LogP contribution in [0.5, 0.6) is 0 Å². The molecule has 2 heterocycles. The molecule has 7 heteroatoms. The second-order valence-corrected chi connectivity index (χ2v) is 5.49. The Bertz CT molecular complexity index is 605. The first-order chi connectivity index (χ1) is 9.09. The fourth-order valence-electron chi connectivity index (χ4n) is 2.56. The van der Waals surface area contributed by atoms with Crippen molar-refractivity contribution in [3.05, 3.63) is 17.0 Å². The second-order valence-electron chi connectivity index (χ2n) is 5.13. The smallest absolute Gasteiger partial charge is 0.255 e. The van der Waals surface area contributed by atoms with Crippen LogP contribution in [0, 0.1) is 6.92 Å². The minimum Gasteiger partial charge on any atom is -0.388 e. The largest absolute Gasteiger partial charge is 0.388 e. The summed E-state index contributed by atoms with van der Waals surface area (Å²) in [6.07, 6.45) is 5.25. The number of hydrogen-bond acceptors (Lipinski definition) is 5. The van der Waals surface area contributed by atoms with Gasteiger partial charge in [-0.05, 0) is 19.8 Å². The Labute approximate surface area is 115 Å². The highest BCUT2D eigenvalue weighted by Crippen LogP contribution is 2.30. The molecule has 0 amide bonds. The Kier molecular flexibility index (Phi) is 3.06. The topological polar surface area (TPSA) is 75.3 Å². The Hall–Kier alpha value is -1.40. The summed E-state index contributed by atoms with van der Waals surface area (Å²) in [5.41, 5.74) is 0.177. The number of nitrogens with one attached hydrogen (secondary N) is 1. The number of aromatic nitrogens is 4. The van der Waals surface area contributed by atoms with Crippen LogP contribution < -0.4 is 5.32 Å². The lowest BCUT2D eigenvalue weighted by Gasteiger charge is -2.23. The van der Waals surface area contributed by atoms with E-state index >= 15 is 0 Å². The first kappa shape index (κ1) is 12.6. The molecule has 0 radical (unpaired) electrons. The second kappa shape index (κ2) is 4.61. The number of anilines is 1. The van der Waals surface area contributed by atoms with Crippen LogP contribution in [-0.4, -0.2) is 36.8 Å². The van der Waals surface area contributed by atoms with Gasteiger partial charge in [-0.25, -0.2) is 0 Å². The molecule has 6 nitrogen and oxygen atoms in total. The Morgan fingerprint density at radius 3 is 2.95 bits per heavy atom.